The van der Waals surface area contributed by atoms with Gasteiger partial charge in [-0.15, -0.1) is 6.58 Å². The first-order chi connectivity index (χ1) is 9.69. The van der Waals surface area contributed by atoms with E-state index >= 15 is 0 Å². The number of nitrogens with zero attached hydrogens (tertiary/aromatic N) is 2. The molecule has 1 saturated heterocycles. The van der Waals surface area contributed by atoms with Crippen LogP contribution in [0.25, 0.3) is 10.9 Å². The van der Waals surface area contributed by atoms with Crippen molar-refractivity contribution in [3.63, 3.8) is 0 Å². The van der Waals surface area contributed by atoms with Gasteiger partial charge >= 0.3 is 0 Å². The number of rotatable bonds is 4. The molecule has 3 rings (SSSR count). The maximum absolute atomic E-state index is 3.87. The largest absolute Gasteiger partial charge is 0.343 e. The lowest BCUT2D eigenvalue weighted by atomic mass is 10.0. The van der Waals surface area contributed by atoms with E-state index in [1.165, 1.54) is 35.9 Å². The number of likely N-dealkylation sites (tertiary alicyclic amines) is 1. The molecule has 0 radical (unpaired) electrons. The van der Waals surface area contributed by atoms with Crippen LogP contribution in [-0.2, 0) is 13.0 Å². The summed E-state index contributed by atoms with van der Waals surface area (Å²) in [6, 6.07) is 7.26. The molecule has 2 aromatic rings. The number of benzene rings is 1. The highest BCUT2D eigenvalue weighted by molar-refractivity contribution is 9.10. The fourth-order valence-corrected chi connectivity index (χ4v) is 3.65. The van der Waals surface area contributed by atoms with E-state index in [0.29, 0.717) is 6.04 Å². The Morgan fingerprint density at radius 2 is 2.30 bits per heavy atom. The third-order valence-electron chi connectivity index (χ3n) is 4.38. The fourth-order valence-electron chi connectivity index (χ4n) is 3.29. The van der Waals surface area contributed by atoms with Crippen LogP contribution in [-0.4, -0.2) is 29.1 Å². The van der Waals surface area contributed by atoms with Gasteiger partial charge in [-0.2, -0.15) is 0 Å². The van der Waals surface area contributed by atoms with Crippen LogP contribution in [0.15, 0.2) is 41.5 Å². The lowest BCUT2D eigenvalue weighted by molar-refractivity contribution is 0.309. The second kappa shape index (κ2) is 5.74. The molecule has 0 bridgehead atoms. The maximum atomic E-state index is 3.87. The molecule has 0 aliphatic carbocycles. The minimum Gasteiger partial charge on any atom is -0.343 e. The lowest BCUT2D eigenvalue weighted by Gasteiger charge is -2.18. The molecule has 0 saturated carbocycles. The second-order valence-electron chi connectivity index (χ2n) is 5.74. The van der Waals surface area contributed by atoms with Gasteiger partial charge in [0.25, 0.3) is 0 Å². The molecule has 1 unspecified atom stereocenters. The zero-order chi connectivity index (χ0) is 14.1. The average Bonchev–Trinajstić information content (AvgIpc) is 2.96. The number of aromatic nitrogens is 1. The Hall–Kier alpha value is -1.06. The molecule has 20 heavy (non-hydrogen) atoms. The van der Waals surface area contributed by atoms with Gasteiger partial charge in [-0.25, -0.2) is 0 Å². The molecule has 3 heteroatoms. The SMILES string of the molecule is C=CCn1cc(CC2CCCN2C)c2cc(Br)ccc21. The summed E-state index contributed by atoms with van der Waals surface area (Å²) in [5.74, 6) is 0. The molecule has 0 amide bonds. The smallest absolute Gasteiger partial charge is 0.0486 e. The molecule has 2 nitrogen and oxygen atoms in total. The van der Waals surface area contributed by atoms with Gasteiger partial charge in [0.05, 0.1) is 0 Å². The number of allylic oxidation sites excluding steroid dienone is 1. The molecule has 1 fully saturated rings. The predicted molar refractivity (Wildman–Crippen MR) is 89.2 cm³/mol. The van der Waals surface area contributed by atoms with Crippen molar-refractivity contribution in [1.82, 2.24) is 9.47 Å². The van der Waals surface area contributed by atoms with Gasteiger partial charge in [0, 0.05) is 34.2 Å². The lowest BCUT2D eigenvalue weighted by Crippen LogP contribution is -2.26. The third kappa shape index (κ3) is 2.57. The summed E-state index contributed by atoms with van der Waals surface area (Å²) in [6.07, 6.45) is 8.07. The van der Waals surface area contributed by atoms with E-state index in [4.69, 9.17) is 0 Å². The van der Waals surface area contributed by atoms with Gasteiger partial charge < -0.3 is 9.47 Å². The maximum Gasteiger partial charge on any atom is 0.0486 e. The first kappa shape index (κ1) is 13.9. The van der Waals surface area contributed by atoms with Crippen molar-refractivity contribution in [2.24, 2.45) is 0 Å². The van der Waals surface area contributed by atoms with Gasteiger partial charge in [-0.3, -0.25) is 0 Å². The first-order valence-electron chi connectivity index (χ1n) is 7.27. The summed E-state index contributed by atoms with van der Waals surface area (Å²) >= 11 is 3.60. The van der Waals surface area contributed by atoms with Crippen LogP contribution in [0.1, 0.15) is 18.4 Å². The van der Waals surface area contributed by atoms with Crippen LogP contribution < -0.4 is 0 Å². The Morgan fingerprint density at radius 1 is 1.45 bits per heavy atom. The molecule has 106 valence electrons. The van der Waals surface area contributed by atoms with Crippen LogP contribution in [0.2, 0.25) is 0 Å². The molecule has 1 aromatic carbocycles. The average molecular weight is 333 g/mol. The minimum absolute atomic E-state index is 0.691. The van der Waals surface area contributed by atoms with Gasteiger partial charge in [0.15, 0.2) is 0 Å². The van der Waals surface area contributed by atoms with Gasteiger partial charge in [0.1, 0.15) is 0 Å². The van der Waals surface area contributed by atoms with Crippen molar-refractivity contribution < 1.29 is 0 Å². The Morgan fingerprint density at radius 3 is 3.00 bits per heavy atom. The molecule has 1 aliphatic heterocycles. The highest BCUT2D eigenvalue weighted by Crippen LogP contribution is 2.28. The molecular weight excluding hydrogens is 312 g/mol. The van der Waals surface area contributed by atoms with E-state index in [1.54, 1.807) is 0 Å². The van der Waals surface area contributed by atoms with E-state index in [2.05, 4.69) is 63.4 Å². The summed E-state index contributed by atoms with van der Waals surface area (Å²) in [7, 11) is 2.25. The van der Waals surface area contributed by atoms with Crippen LogP contribution in [0.4, 0.5) is 0 Å². The van der Waals surface area contributed by atoms with Crippen LogP contribution in [0.5, 0.6) is 0 Å². The van der Waals surface area contributed by atoms with Crippen LogP contribution in [0, 0.1) is 0 Å². The molecule has 1 aromatic heterocycles. The van der Waals surface area contributed by atoms with Crippen molar-refractivity contribution in [3.05, 3.63) is 47.1 Å². The summed E-state index contributed by atoms with van der Waals surface area (Å²) < 4.78 is 3.46. The molecule has 1 atom stereocenters. The highest BCUT2D eigenvalue weighted by Gasteiger charge is 2.22. The Kier molecular flexibility index (Phi) is 3.99. The molecule has 0 spiro atoms. The second-order valence-corrected chi connectivity index (χ2v) is 6.65. The van der Waals surface area contributed by atoms with Crippen molar-refractivity contribution in [2.75, 3.05) is 13.6 Å². The van der Waals surface area contributed by atoms with Crippen LogP contribution in [0.3, 0.4) is 0 Å². The number of likely N-dealkylation sites (N-methyl/N-ethyl adjacent to an activating group) is 1. The van der Waals surface area contributed by atoms with Crippen molar-refractivity contribution in [1.29, 1.82) is 0 Å². The molecule has 0 N–H and O–H groups in total. The quantitative estimate of drug-likeness (QED) is 0.761. The van der Waals surface area contributed by atoms with Gasteiger partial charge in [0.2, 0.25) is 0 Å². The minimum atomic E-state index is 0.691. The number of fused-ring (bicyclic) bond motifs is 1. The summed E-state index contributed by atoms with van der Waals surface area (Å²) in [6.45, 7) is 5.98. The zero-order valence-electron chi connectivity index (χ0n) is 12.0. The normalized spacial score (nSPS) is 19.8. The van der Waals surface area contributed by atoms with E-state index in [1.807, 2.05) is 6.08 Å². The topological polar surface area (TPSA) is 8.17 Å². The van der Waals surface area contributed by atoms with E-state index in [9.17, 15) is 0 Å². The van der Waals surface area contributed by atoms with E-state index < -0.39 is 0 Å². The first-order valence-corrected chi connectivity index (χ1v) is 8.06. The fraction of sp³-hybridized carbons (Fsp3) is 0.412. The predicted octanol–water partition coefficient (Wildman–Crippen LogP) is 4.23. The molecule has 1 aliphatic rings. The summed E-state index contributed by atoms with van der Waals surface area (Å²) in [4.78, 5) is 2.49. The highest BCUT2D eigenvalue weighted by atomic mass is 79.9. The number of hydrogen-bond acceptors (Lipinski definition) is 1. The van der Waals surface area contributed by atoms with E-state index in [-0.39, 0.29) is 0 Å². The standard InChI is InChI=1S/C17H21BrN2/c1-3-8-20-12-13(10-15-5-4-9-19(15)2)16-11-14(18)6-7-17(16)20/h3,6-7,11-12,15H,1,4-5,8-10H2,2H3. The summed E-state index contributed by atoms with van der Waals surface area (Å²) in [5.41, 5.74) is 2.77. The van der Waals surface area contributed by atoms with Crippen molar-refractivity contribution in [2.45, 2.75) is 31.8 Å². The van der Waals surface area contributed by atoms with Crippen molar-refractivity contribution in [3.8, 4) is 0 Å². The van der Waals surface area contributed by atoms with Gasteiger partial charge in [-0.1, -0.05) is 22.0 Å². The third-order valence-corrected chi connectivity index (χ3v) is 4.87. The van der Waals surface area contributed by atoms with Crippen molar-refractivity contribution >= 4 is 26.8 Å². The number of hydrogen-bond donors (Lipinski definition) is 0. The Labute approximate surface area is 129 Å². The zero-order valence-corrected chi connectivity index (χ0v) is 13.6. The molecular formula is C17H21BrN2. The van der Waals surface area contributed by atoms with E-state index in [0.717, 1.165) is 17.4 Å². The molecule has 2 heterocycles. The number of halogens is 1. The van der Waals surface area contributed by atoms with Crippen LogP contribution >= 0.6 is 15.9 Å². The Balaban J connectivity index is 2.00. The monoisotopic (exact) mass is 332 g/mol. The van der Waals surface area contributed by atoms with Gasteiger partial charge in [-0.05, 0) is 56.6 Å². The Bertz CT molecular complexity index is 629. The summed E-state index contributed by atoms with van der Waals surface area (Å²) in [5, 5.41) is 1.38.